The Labute approximate surface area is 197 Å². The highest BCUT2D eigenvalue weighted by Gasteiger charge is 2.54. The lowest BCUT2D eigenvalue weighted by molar-refractivity contribution is -0.156. The minimum absolute atomic E-state index is 0.0473. The van der Waals surface area contributed by atoms with Crippen molar-refractivity contribution in [2.24, 2.45) is 5.18 Å². The molecule has 0 aromatic carbocycles. The van der Waals surface area contributed by atoms with Gasteiger partial charge in [0.1, 0.15) is 26.8 Å². The highest BCUT2D eigenvalue weighted by molar-refractivity contribution is 8.03. The molecule has 2 aromatic heterocycles. The number of hydrogen-bond acceptors (Lipinski definition) is 12. The summed E-state index contributed by atoms with van der Waals surface area (Å²) in [7, 11) is 0. The third kappa shape index (κ3) is 3.85. The first kappa shape index (κ1) is 22.6. The Bertz CT molecular complexity index is 1160. The number of nitrogen functional groups attached to an aromatic ring is 1. The molecule has 12 nitrogen and oxygen atoms in total. The molecule has 1 saturated heterocycles. The van der Waals surface area contributed by atoms with Crippen molar-refractivity contribution < 1.29 is 19.5 Å². The molecular formula is C16H14ClN7O5S3. The van der Waals surface area contributed by atoms with E-state index in [0.717, 1.165) is 21.1 Å². The van der Waals surface area contributed by atoms with E-state index in [1.54, 1.807) is 0 Å². The number of carbonyl (C=O) groups excluding carboxylic acids is 2. The number of carboxylic acids is 1. The number of nitrogens with one attached hydrogen (secondary N) is 1. The highest BCUT2D eigenvalue weighted by Crippen LogP contribution is 2.43. The van der Waals surface area contributed by atoms with Crippen LogP contribution in [0.2, 0.25) is 4.34 Å². The van der Waals surface area contributed by atoms with Crippen LogP contribution in [0.3, 0.4) is 0 Å². The molecule has 0 spiro atoms. The number of amides is 2. The monoisotopic (exact) mass is 515 g/mol. The Hall–Kier alpha value is -2.62. The zero-order chi connectivity index (χ0) is 23.2. The number of carbonyl (C=O) groups is 3. The molecule has 2 aromatic rings. The van der Waals surface area contributed by atoms with Crippen LogP contribution in [0.5, 0.6) is 0 Å². The van der Waals surface area contributed by atoms with Gasteiger partial charge in [0.15, 0.2) is 5.13 Å². The molecule has 4 N–H and O–H groups in total. The van der Waals surface area contributed by atoms with Crippen molar-refractivity contribution >= 4 is 69.1 Å². The van der Waals surface area contributed by atoms with E-state index in [2.05, 4.69) is 25.1 Å². The van der Waals surface area contributed by atoms with Crippen molar-refractivity contribution in [2.45, 2.75) is 42.9 Å². The minimum atomic E-state index is -1.58. The van der Waals surface area contributed by atoms with E-state index in [1.165, 1.54) is 23.3 Å². The molecule has 0 radical (unpaired) electrons. The zero-order valence-electron chi connectivity index (χ0n) is 16.1. The molecule has 2 aliphatic rings. The minimum Gasteiger partial charge on any atom is -0.477 e. The van der Waals surface area contributed by atoms with Gasteiger partial charge in [-0.1, -0.05) is 39.2 Å². The number of aromatic nitrogens is 3. The van der Waals surface area contributed by atoms with Crippen molar-refractivity contribution in [3.63, 3.8) is 0 Å². The molecule has 0 bridgehead atoms. The van der Waals surface area contributed by atoms with Gasteiger partial charge in [-0.05, 0) is 36.5 Å². The number of thiazole rings is 1. The smallest absolute Gasteiger partial charge is 0.353 e. The molecule has 16 heteroatoms. The second kappa shape index (κ2) is 8.73. The van der Waals surface area contributed by atoms with E-state index in [0.29, 0.717) is 22.8 Å². The Kier molecular flexibility index (Phi) is 6.15. The summed E-state index contributed by atoms with van der Waals surface area (Å²) in [6.45, 7) is 1.82. The fourth-order valence-corrected chi connectivity index (χ4v) is 6.10. The van der Waals surface area contributed by atoms with Gasteiger partial charge in [-0.25, -0.2) is 9.78 Å². The number of nitrogens with zero attached hydrogens (tertiary/aromatic N) is 5. The fraction of sp³-hybridized carbons (Fsp3) is 0.375. The highest BCUT2D eigenvalue weighted by atomic mass is 35.5. The predicted molar refractivity (Wildman–Crippen MR) is 117 cm³/mol. The summed E-state index contributed by atoms with van der Waals surface area (Å²) in [5, 5.41) is 19.6. The number of aryl methyl sites for hydroxylation is 1. The van der Waals surface area contributed by atoms with Crippen LogP contribution in [0.1, 0.15) is 29.5 Å². The molecule has 0 saturated carbocycles. The maximum absolute atomic E-state index is 12.8. The number of hydrogen-bond donors (Lipinski definition) is 3. The molecule has 4 heterocycles. The lowest BCUT2D eigenvalue weighted by atomic mass is 9.86. The second-order valence-electron chi connectivity index (χ2n) is 6.83. The number of carboxylic acid groups (broad SMARTS) is 1. The van der Waals surface area contributed by atoms with Gasteiger partial charge in [-0.3, -0.25) is 14.5 Å². The standard InChI is InChI=1S/C16H14ClN7O5S3/c1-4-13(21-23-32-4)30-6-3-2-5-7(14(26)24(5)10(6)15(27)28)19-12(25)9(22-29)8-11(17)31-16(18)20-8/h5,7,9H,2-3H2,1H3,(H2,18,20)(H,19,25)(H,27,28). The molecule has 3 unspecified atom stereocenters. The van der Waals surface area contributed by atoms with Crippen molar-refractivity contribution in [3.8, 4) is 0 Å². The van der Waals surface area contributed by atoms with Crippen LogP contribution >= 0.6 is 46.2 Å². The zero-order valence-corrected chi connectivity index (χ0v) is 19.3. The van der Waals surface area contributed by atoms with Gasteiger partial charge in [0.2, 0.25) is 6.04 Å². The van der Waals surface area contributed by atoms with E-state index in [-0.39, 0.29) is 20.9 Å². The third-order valence-corrected chi connectivity index (χ3v) is 8.06. The maximum Gasteiger partial charge on any atom is 0.353 e. The molecule has 32 heavy (non-hydrogen) atoms. The molecule has 4 rings (SSSR count). The first-order valence-electron chi connectivity index (χ1n) is 9.03. The van der Waals surface area contributed by atoms with Crippen LogP contribution in [0, 0.1) is 11.8 Å². The largest absolute Gasteiger partial charge is 0.477 e. The summed E-state index contributed by atoms with van der Waals surface area (Å²) in [6, 6.07) is -3.15. The van der Waals surface area contributed by atoms with Crippen molar-refractivity contribution in [1.82, 2.24) is 24.8 Å². The molecule has 1 fully saturated rings. The lowest BCUT2D eigenvalue weighted by Gasteiger charge is -2.50. The number of aliphatic carboxylic acids is 1. The van der Waals surface area contributed by atoms with Crippen molar-refractivity contribution in [3.05, 3.63) is 30.4 Å². The number of nitrogens with two attached hydrogens (primary N) is 1. The predicted octanol–water partition coefficient (Wildman–Crippen LogP) is 1.92. The van der Waals surface area contributed by atoms with Gasteiger partial charge in [-0.15, -0.1) is 10.0 Å². The summed E-state index contributed by atoms with van der Waals surface area (Å²) in [5.74, 6) is -2.72. The summed E-state index contributed by atoms with van der Waals surface area (Å²) in [4.78, 5) is 55.0. The Morgan fingerprint density at radius 2 is 2.22 bits per heavy atom. The Morgan fingerprint density at radius 3 is 2.78 bits per heavy atom. The number of allylic oxidation sites excluding steroid dienone is 1. The number of nitroso groups, excluding NO2 is 1. The SMILES string of the molecule is Cc1snnc1SC1=C(C(=O)O)N2C(=O)C(NC(=O)C(N=O)c3nc(N)sc3Cl)C2CC1. The van der Waals surface area contributed by atoms with E-state index in [9.17, 15) is 24.4 Å². The quantitative estimate of drug-likeness (QED) is 0.364. The Morgan fingerprint density at radius 1 is 1.47 bits per heavy atom. The summed E-state index contributed by atoms with van der Waals surface area (Å²) in [6.07, 6.45) is 0.782. The molecule has 168 valence electrons. The lowest BCUT2D eigenvalue weighted by Crippen LogP contribution is -2.71. The van der Waals surface area contributed by atoms with Crippen molar-refractivity contribution in [1.29, 1.82) is 0 Å². The normalized spacial score (nSPS) is 21.1. The van der Waals surface area contributed by atoms with Crippen LogP contribution in [-0.2, 0) is 14.4 Å². The first-order chi connectivity index (χ1) is 15.2. The van der Waals surface area contributed by atoms with Gasteiger partial charge in [0.05, 0.1) is 10.9 Å². The van der Waals surface area contributed by atoms with Gasteiger partial charge in [0.25, 0.3) is 11.8 Å². The van der Waals surface area contributed by atoms with Crippen LogP contribution in [0.4, 0.5) is 5.13 Å². The van der Waals surface area contributed by atoms with E-state index < -0.39 is 35.9 Å². The van der Waals surface area contributed by atoms with E-state index >= 15 is 0 Å². The van der Waals surface area contributed by atoms with Crippen LogP contribution in [0.25, 0.3) is 0 Å². The van der Waals surface area contributed by atoms with Gasteiger partial charge in [0, 0.05) is 4.91 Å². The molecular weight excluding hydrogens is 502 g/mol. The van der Waals surface area contributed by atoms with Gasteiger partial charge in [-0.2, -0.15) is 0 Å². The van der Waals surface area contributed by atoms with E-state index in [1.807, 2.05) is 6.92 Å². The summed E-state index contributed by atoms with van der Waals surface area (Å²) in [5.41, 5.74) is 5.32. The fourth-order valence-electron chi connectivity index (χ4n) is 3.52. The first-order valence-corrected chi connectivity index (χ1v) is 11.8. The average molecular weight is 516 g/mol. The van der Waals surface area contributed by atoms with Gasteiger partial charge >= 0.3 is 5.97 Å². The average Bonchev–Trinajstić information content (AvgIpc) is 3.30. The number of β-lactam (4-membered cyclic amide) rings is 1. The molecule has 3 atom stereocenters. The number of anilines is 1. The summed E-state index contributed by atoms with van der Waals surface area (Å²) >= 11 is 9.21. The third-order valence-electron chi connectivity index (χ3n) is 4.96. The number of thioether (sulfide) groups is 1. The Balaban J connectivity index is 1.53. The molecule has 0 aliphatic carbocycles. The van der Waals surface area contributed by atoms with Crippen LogP contribution < -0.4 is 11.1 Å². The number of fused-ring (bicyclic) bond motifs is 1. The van der Waals surface area contributed by atoms with Crippen LogP contribution in [0.15, 0.2) is 20.8 Å². The molecule has 2 aliphatic heterocycles. The second-order valence-corrected chi connectivity index (χ2v) is 10.5. The number of halogens is 1. The maximum atomic E-state index is 12.8. The van der Waals surface area contributed by atoms with Crippen molar-refractivity contribution in [2.75, 3.05) is 5.73 Å². The van der Waals surface area contributed by atoms with Crippen LogP contribution in [-0.4, -0.2) is 54.4 Å². The topological polar surface area (TPSA) is 181 Å². The van der Waals surface area contributed by atoms with E-state index in [4.69, 9.17) is 17.3 Å². The number of rotatable bonds is 7. The molecule has 2 amide bonds. The summed E-state index contributed by atoms with van der Waals surface area (Å²) < 4.78 is 3.89. The van der Waals surface area contributed by atoms with Gasteiger partial charge < -0.3 is 16.2 Å².